The van der Waals surface area contributed by atoms with E-state index in [9.17, 15) is 14.4 Å². The van der Waals surface area contributed by atoms with E-state index in [0.29, 0.717) is 12.1 Å². The molecule has 0 N–H and O–H groups in total. The minimum absolute atomic E-state index is 0.0962. The second-order valence-electron chi connectivity index (χ2n) is 7.74. The van der Waals surface area contributed by atoms with Crippen LogP contribution in [0.4, 0.5) is 5.69 Å². The van der Waals surface area contributed by atoms with Gasteiger partial charge in [0.05, 0.1) is 23.4 Å². The van der Waals surface area contributed by atoms with Crippen LogP contribution in [0.2, 0.25) is 0 Å². The summed E-state index contributed by atoms with van der Waals surface area (Å²) in [5.41, 5.74) is 4.57. The standard InChI is InChI=1S/C22H19NO3/c1-11-7-8-12(2)16(9-11)23-21(25)19-15-10-17(24)18(20(19)22(23)26)14-6-4-3-5-13(14)15/h3-9,15,18-20H,10H2,1-2H3/t15-,18+,19-,20+/m1/s1. The maximum absolute atomic E-state index is 13.3. The van der Waals surface area contributed by atoms with Crippen molar-refractivity contribution in [2.45, 2.75) is 32.1 Å². The van der Waals surface area contributed by atoms with E-state index in [1.165, 1.54) is 4.90 Å². The van der Waals surface area contributed by atoms with Crippen LogP contribution < -0.4 is 4.90 Å². The maximum atomic E-state index is 13.3. The van der Waals surface area contributed by atoms with E-state index in [4.69, 9.17) is 0 Å². The van der Waals surface area contributed by atoms with Gasteiger partial charge in [-0.25, -0.2) is 4.90 Å². The number of carbonyl (C=O) groups is 3. The number of aryl methyl sites for hydroxylation is 2. The van der Waals surface area contributed by atoms with E-state index in [1.54, 1.807) is 0 Å². The molecule has 4 nitrogen and oxygen atoms in total. The van der Waals surface area contributed by atoms with Gasteiger partial charge >= 0.3 is 0 Å². The van der Waals surface area contributed by atoms with Crippen LogP contribution in [0, 0.1) is 25.7 Å². The predicted octanol–water partition coefficient (Wildman–Crippen LogP) is 3.26. The van der Waals surface area contributed by atoms with E-state index in [0.717, 1.165) is 22.3 Å². The van der Waals surface area contributed by atoms with Gasteiger partial charge in [-0.15, -0.1) is 0 Å². The number of nitrogens with zero attached hydrogens (tertiary/aromatic N) is 1. The first-order valence-electron chi connectivity index (χ1n) is 9.05. The van der Waals surface area contributed by atoms with Crippen molar-refractivity contribution < 1.29 is 14.4 Å². The highest BCUT2D eigenvalue weighted by molar-refractivity contribution is 6.25. The van der Waals surface area contributed by atoms with Crippen molar-refractivity contribution in [1.82, 2.24) is 0 Å². The van der Waals surface area contributed by atoms with Crippen LogP contribution in [0.3, 0.4) is 0 Å². The second-order valence-corrected chi connectivity index (χ2v) is 7.74. The van der Waals surface area contributed by atoms with Gasteiger partial charge in [-0.3, -0.25) is 14.4 Å². The van der Waals surface area contributed by atoms with Gasteiger partial charge in [0.2, 0.25) is 11.8 Å². The summed E-state index contributed by atoms with van der Waals surface area (Å²) in [5, 5.41) is 0. The number of carbonyl (C=O) groups excluding carboxylic acids is 3. The first kappa shape index (κ1) is 15.5. The summed E-state index contributed by atoms with van der Waals surface area (Å²) < 4.78 is 0. The Balaban J connectivity index is 1.68. The monoisotopic (exact) mass is 345 g/mol. The summed E-state index contributed by atoms with van der Waals surface area (Å²) in [6, 6.07) is 13.6. The van der Waals surface area contributed by atoms with E-state index < -0.39 is 17.8 Å². The molecule has 4 heteroatoms. The molecule has 0 unspecified atom stereocenters. The van der Waals surface area contributed by atoms with Crippen LogP contribution in [0.25, 0.3) is 0 Å². The Morgan fingerprint density at radius 3 is 2.35 bits per heavy atom. The van der Waals surface area contributed by atoms with Crippen molar-refractivity contribution >= 4 is 23.3 Å². The van der Waals surface area contributed by atoms with Gasteiger partial charge in [-0.1, -0.05) is 36.4 Å². The van der Waals surface area contributed by atoms with Crippen molar-refractivity contribution in [2.75, 3.05) is 4.90 Å². The number of fused-ring (bicyclic) bond motifs is 1. The number of imide groups is 1. The summed E-state index contributed by atoms with van der Waals surface area (Å²) in [6.45, 7) is 3.86. The molecule has 2 aromatic carbocycles. The molecule has 1 aliphatic heterocycles. The SMILES string of the molecule is Cc1ccc(C)c(N2C(=O)[C@@H]3[C@H](C2=O)[C@@H]2CC(=O)[C@@H]3c3ccccc32)c1. The molecule has 0 radical (unpaired) electrons. The molecule has 1 saturated heterocycles. The third kappa shape index (κ3) is 1.82. The fraction of sp³-hybridized carbons (Fsp3) is 0.318. The quantitative estimate of drug-likeness (QED) is 0.746. The number of hydrogen-bond donors (Lipinski definition) is 0. The van der Waals surface area contributed by atoms with Gasteiger partial charge < -0.3 is 0 Å². The normalized spacial score (nSPS) is 29.2. The minimum atomic E-state index is -0.552. The Hall–Kier alpha value is -2.75. The lowest BCUT2D eigenvalue weighted by molar-refractivity contribution is -0.134. The number of benzene rings is 2. The summed E-state index contributed by atoms with van der Waals surface area (Å²) in [4.78, 5) is 40.7. The summed E-state index contributed by atoms with van der Waals surface area (Å²) >= 11 is 0. The topological polar surface area (TPSA) is 54.5 Å². The molecule has 4 atom stereocenters. The van der Waals surface area contributed by atoms with Crippen molar-refractivity contribution in [3.05, 3.63) is 64.7 Å². The first-order valence-corrected chi connectivity index (χ1v) is 9.05. The number of Topliss-reactive ketones (excluding diaryl/α,β-unsaturated/α-hetero) is 1. The zero-order chi connectivity index (χ0) is 18.2. The molecule has 2 fully saturated rings. The minimum Gasteiger partial charge on any atom is -0.299 e. The number of anilines is 1. The highest BCUT2D eigenvalue weighted by atomic mass is 16.2. The van der Waals surface area contributed by atoms with Crippen LogP contribution in [-0.2, 0) is 14.4 Å². The Morgan fingerprint density at radius 1 is 0.885 bits per heavy atom. The molecule has 2 amide bonds. The lowest BCUT2D eigenvalue weighted by Crippen LogP contribution is -2.44. The van der Waals surface area contributed by atoms with Crippen LogP contribution in [-0.4, -0.2) is 17.6 Å². The Bertz CT molecular complexity index is 993. The van der Waals surface area contributed by atoms with E-state index in [2.05, 4.69) is 0 Å². The number of rotatable bonds is 1. The van der Waals surface area contributed by atoms with Crippen LogP contribution in [0.15, 0.2) is 42.5 Å². The highest BCUT2D eigenvalue weighted by Crippen LogP contribution is 2.57. The van der Waals surface area contributed by atoms with E-state index >= 15 is 0 Å². The molecule has 1 saturated carbocycles. The second kappa shape index (κ2) is 5.13. The molecule has 0 aromatic heterocycles. The average Bonchev–Trinajstić information content (AvgIpc) is 2.89. The fourth-order valence-electron chi connectivity index (χ4n) is 5.16. The molecule has 2 aromatic rings. The third-order valence-electron chi connectivity index (χ3n) is 6.29. The zero-order valence-electron chi connectivity index (χ0n) is 14.7. The van der Waals surface area contributed by atoms with Crippen molar-refractivity contribution in [2.24, 2.45) is 11.8 Å². The molecule has 130 valence electrons. The van der Waals surface area contributed by atoms with Gasteiger partial charge in [-0.2, -0.15) is 0 Å². The molecule has 6 rings (SSSR count). The van der Waals surface area contributed by atoms with Gasteiger partial charge in [0.1, 0.15) is 5.78 Å². The molecule has 3 aliphatic carbocycles. The summed E-state index contributed by atoms with van der Waals surface area (Å²) in [7, 11) is 0. The lowest BCUT2D eigenvalue weighted by atomic mass is 9.56. The van der Waals surface area contributed by atoms with E-state index in [-0.39, 0.29) is 23.5 Å². The van der Waals surface area contributed by atoms with Crippen LogP contribution in [0.5, 0.6) is 0 Å². The largest absolute Gasteiger partial charge is 0.299 e. The Labute approximate surface area is 151 Å². The average molecular weight is 345 g/mol. The number of ketones is 1. The van der Waals surface area contributed by atoms with E-state index in [1.807, 2.05) is 56.3 Å². The maximum Gasteiger partial charge on any atom is 0.238 e. The van der Waals surface area contributed by atoms with Gasteiger partial charge in [0.25, 0.3) is 0 Å². The Kier molecular flexibility index (Phi) is 3.06. The number of amides is 2. The van der Waals surface area contributed by atoms with Crippen molar-refractivity contribution in [3.63, 3.8) is 0 Å². The third-order valence-corrected chi connectivity index (χ3v) is 6.29. The lowest BCUT2D eigenvalue weighted by Gasteiger charge is -2.43. The van der Waals surface area contributed by atoms with Gasteiger partial charge in [-0.05, 0) is 42.2 Å². The van der Waals surface area contributed by atoms with Crippen LogP contribution >= 0.6 is 0 Å². The molecular formula is C22H19NO3. The Morgan fingerprint density at radius 2 is 1.58 bits per heavy atom. The predicted molar refractivity (Wildman–Crippen MR) is 96.9 cm³/mol. The molecule has 1 heterocycles. The molecule has 0 spiro atoms. The summed E-state index contributed by atoms with van der Waals surface area (Å²) in [6.07, 6.45) is 0.364. The number of hydrogen-bond acceptors (Lipinski definition) is 3. The van der Waals surface area contributed by atoms with Gasteiger partial charge in [0.15, 0.2) is 0 Å². The molecular weight excluding hydrogens is 326 g/mol. The highest BCUT2D eigenvalue weighted by Gasteiger charge is 2.62. The van der Waals surface area contributed by atoms with Gasteiger partial charge in [0, 0.05) is 12.3 Å². The molecule has 4 aliphatic rings. The van der Waals surface area contributed by atoms with Crippen LogP contribution in [0.1, 0.15) is 40.5 Å². The smallest absolute Gasteiger partial charge is 0.238 e. The zero-order valence-corrected chi connectivity index (χ0v) is 14.7. The first-order chi connectivity index (χ1) is 12.5. The van der Waals surface area contributed by atoms with Crippen molar-refractivity contribution in [1.29, 1.82) is 0 Å². The fourth-order valence-corrected chi connectivity index (χ4v) is 5.16. The molecule has 26 heavy (non-hydrogen) atoms. The van der Waals surface area contributed by atoms with Crippen molar-refractivity contribution in [3.8, 4) is 0 Å². The molecule has 2 bridgehead atoms. The summed E-state index contributed by atoms with van der Waals surface area (Å²) in [5.74, 6) is -1.90.